The topological polar surface area (TPSA) is 89.3 Å². The summed E-state index contributed by atoms with van der Waals surface area (Å²) in [5, 5.41) is 13.3. The van der Waals surface area contributed by atoms with Crippen LogP contribution in [0.5, 0.6) is 0 Å². The van der Waals surface area contributed by atoms with Crippen molar-refractivity contribution in [3.63, 3.8) is 0 Å². The number of anilines is 1. The smallest absolute Gasteiger partial charge is 0.256 e. The zero-order chi connectivity index (χ0) is 28.3. The lowest BCUT2D eigenvalue weighted by atomic mass is 9.87. The average molecular weight is 536 g/mol. The number of fused-ring (bicyclic) bond motifs is 1. The SMILES string of the molecule is CC(C)(C)c1ccc(N(C(=O)C2c3ccccc3CN2C#N)C(C(=O)NC2CCCCC2)c2cccnc2)cc1. The van der Waals surface area contributed by atoms with Gasteiger partial charge >= 0.3 is 0 Å². The van der Waals surface area contributed by atoms with Crippen molar-refractivity contribution < 1.29 is 9.59 Å². The molecule has 7 nitrogen and oxygen atoms in total. The molecule has 206 valence electrons. The lowest BCUT2D eigenvalue weighted by Gasteiger charge is -2.36. The van der Waals surface area contributed by atoms with Crippen LogP contribution in [0, 0.1) is 11.5 Å². The van der Waals surface area contributed by atoms with Crippen molar-refractivity contribution in [2.24, 2.45) is 0 Å². The first kappa shape index (κ1) is 27.4. The van der Waals surface area contributed by atoms with Crippen molar-refractivity contribution in [3.8, 4) is 6.19 Å². The van der Waals surface area contributed by atoms with Gasteiger partial charge in [0.15, 0.2) is 6.19 Å². The van der Waals surface area contributed by atoms with Crippen LogP contribution in [-0.2, 0) is 21.5 Å². The van der Waals surface area contributed by atoms with Crippen LogP contribution in [0.2, 0.25) is 0 Å². The Morgan fingerprint density at radius 1 is 1.02 bits per heavy atom. The maximum Gasteiger partial charge on any atom is 0.256 e. The molecule has 1 aliphatic heterocycles. The van der Waals surface area contributed by atoms with Gasteiger partial charge in [-0.3, -0.25) is 24.4 Å². The summed E-state index contributed by atoms with van der Waals surface area (Å²) in [5.74, 6) is -0.550. The van der Waals surface area contributed by atoms with Crippen LogP contribution in [0.3, 0.4) is 0 Å². The number of rotatable bonds is 6. The molecule has 1 aliphatic carbocycles. The standard InChI is InChI=1S/C33H37N5O2/c1-33(2,3)25-15-17-27(18-16-25)38(32(40)30-28-14-8-7-10-24(28)21-37(30)22-34)29(23-11-9-19-35-20-23)31(39)36-26-12-5-4-6-13-26/h7-11,14-20,26,29-30H,4-6,12-13,21H2,1-3H3,(H,36,39). The largest absolute Gasteiger partial charge is 0.351 e. The summed E-state index contributed by atoms with van der Waals surface area (Å²) < 4.78 is 0. The van der Waals surface area contributed by atoms with Gasteiger partial charge < -0.3 is 5.32 Å². The van der Waals surface area contributed by atoms with E-state index in [1.165, 1.54) is 11.3 Å². The minimum absolute atomic E-state index is 0.0726. The van der Waals surface area contributed by atoms with Crippen LogP contribution in [0.1, 0.15) is 87.2 Å². The number of aromatic nitrogens is 1. The minimum atomic E-state index is -0.947. The van der Waals surface area contributed by atoms with Gasteiger partial charge in [0, 0.05) is 29.7 Å². The van der Waals surface area contributed by atoms with Crippen molar-refractivity contribution in [1.82, 2.24) is 15.2 Å². The zero-order valence-corrected chi connectivity index (χ0v) is 23.5. The fraction of sp³-hybridized carbons (Fsp3) is 0.394. The third-order valence-electron chi connectivity index (χ3n) is 8.07. The quantitative estimate of drug-likeness (QED) is 0.395. The number of pyridine rings is 1. The number of carbonyl (C=O) groups excluding carboxylic acids is 2. The van der Waals surface area contributed by atoms with Gasteiger partial charge in [0.25, 0.3) is 5.91 Å². The van der Waals surface area contributed by atoms with Gasteiger partial charge in [-0.15, -0.1) is 0 Å². The van der Waals surface area contributed by atoms with Gasteiger partial charge in [-0.1, -0.05) is 82.5 Å². The van der Waals surface area contributed by atoms with Gasteiger partial charge in [-0.05, 0) is 53.1 Å². The number of benzene rings is 2. The average Bonchev–Trinajstić information content (AvgIpc) is 3.35. The second kappa shape index (κ2) is 11.5. The molecule has 2 aliphatic rings. The number of nitrogens with one attached hydrogen (secondary N) is 1. The third-order valence-corrected chi connectivity index (χ3v) is 8.07. The summed E-state index contributed by atoms with van der Waals surface area (Å²) in [6.45, 7) is 6.77. The molecule has 0 saturated heterocycles. The van der Waals surface area contributed by atoms with Crippen LogP contribution in [0.4, 0.5) is 5.69 Å². The highest BCUT2D eigenvalue weighted by Gasteiger charge is 2.43. The predicted molar refractivity (Wildman–Crippen MR) is 155 cm³/mol. The number of nitrogens with zero attached hydrogens (tertiary/aromatic N) is 4. The number of hydrogen-bond acceptors (Lipinski definition) is 5. The molecule has 0 spiro atoms. The Kier molecular flexibility index (Phi) is 7.88. The van der Waals surface area contributed by atoms with Crippen LogP contribution in [-0.4, -0.2) is 27.7 Å². The maximum atomic E-state index is 14.7. The molecule has 1 N–H and O–H groups in total. The normalized spacial score (nSPS) is 17.9. The first-order valence-corrected chi connectivity index (χ1v) is 14.2. The second-order valence-corrected chi connectivity index (χ2v) is 11.9. The Bertz CT molecular complexity index is 1380. The molecule has 2 amide bonds. The molecule has 7 heteroatoms. The van der Waals surface area contributed by atoms with E-state index in [2.05, 4.69) is 37.3 Å². The Morgan fingerprint density at radius 2 is 1.75 bits per heavy atom. The summed E-state index contributed by atoms with van der Waals surface area (Å²) in [5.41, 5.74) is 4.01. The van der Waals surface area contributed by atoms with Gasteiger partial charge in [-0.2, -0.15) is 5.26 Å². The molecule has 1 saturated carbocycles. The van der Waals surface area contributed by atoms with Crippen molar-refractivity contribution in [3.05, 3.63) is 95.3 Å². The lowest BCUT2D eigenvalue weighted by Crippen LogP contribution is -2.49. The van der Waals surface area contributed by atoms with E-state index in [9.17, 15) is 14.9 Å². The third kappa shape index (κ3) is 5.58. The Balaban J connectivity index is 1.62. The molecule has 1 aromatic heterocycles. The lowest BCUT2D eigenvalue weighted by molar-refractivity contribution is -0.129. The van der Waals surface area contributed by atoms with Gasteiger partial charge in [0.05, 0.1) is 6.54 Å². The Labute approximate surface area is 236 Å². The molecule has 3 aromatic rings. The molecular weight excluding hydrogens is 498 g/mol. The molecule has 0 bridgehead atoms. The number of hydrogen-bond donors (Lipinski definition) is 1. The first-order valence-electron chi connectivity index (χ1n) is 14.2. The zero-order valence-electron chi connectivity index (χ0n) is 23.5. The van der Waals surface area contributed by atoms with E-state index in [1.807, 2.05) is 54.6 Å². The molecule has 0 radical (unpaired) electrons. The minimum Gasteiger partial charge on any atom is -0.351 e. The van der Waals surface area contributed by atoms with E-state index in [1.54, 1.807) is 23.4 Å². The van der Waals surface area contributed by atoms with Crippen molar-refractivity contribution in [2.75, 3.05) is 4.90 Å². The second-order valence-electron chi connectivity index (χ2n) is 11.9. The van der Waals surface area contributed by atoms with Crippen molar-refractivity contribution in [1.29, 1.82) is 5.26 Å². The van der Waals surface area contributed by atoms with E-state index < -0.39 is 12.1 Å². The highest BCUT2D eigenvalue weighted by molar-refractivity contribution is 6.04. The van der Waals surface area contributed by atoms with E-state index >= 15 is 0 Å². The predicted octanol–water partition coefficient (Wildman–Crippen LogP) is 5.94. The van der Waals surface area contributed by atoms with Crippen LogP contribution in [0.15, 0.2) is 73.1 Å². The van der Waals surface area contributed by atoms with Gasteiger partial charge in [0.2, 0.25) is 5.91 Å². The van der Waals surface area contributed by atoms with E-state index in [0.717, 1.165) is 42.4 Å². The van der Waals surface area contributed by atoms with Crippen LogP contribution < -0.4 is 10.2 Å². The molecular formula is C33H37N5O2. The molecule has 2 unspecified atom stereocenters. The molecule has 2 heterocycles. The first-order chi connectivity index (χ1) is 19.3. The van der Waals surface area contributed by atoms with Crippen molar-refractivity contribution in [2.45, 2.75) is 83.0 Å². The molecule has 2 atom stereocenters. The number of carbonyl (C=O) groups is 2. The fourth-order valence-electron chi connectivity index (χ4n) is 5.89. The van der Waals surface area contributed by atoms with Gasteiger partial charge in [0.1, 0.15) is 12.1 Å². The highest BCUT2D eigenvalue weighted by Crippen LogP contribution is 2.39. The molecule has 40 heavy (non-hydrogen) atoms. The van der Waals surface area contributed by atoms with Crippen LogP contribution in [0.25, 0.3) is 0 Å². The van der Waals surface area contributed by atoms with Gasteiger partial charge in [-0.25, -0.2) is 0 Å². The summed E-state index contributed by atoms with van der Waals surface area (Å²) in [6, 6.07) is 17.4. The molecule has 2 aromatic carbocycles. The summed E-state index contributed by atoms with van der Waals surface area (Å²) in [6.07, 6.45) is 10.7. The van der Waals surface area contributed by atoms with E-state index in [0.29, 0.717) is 17.8 Å². The summed E-state index contributed by atoms with van der Waals surface area (Å²) in [4.78, 5) is 36.2. The fourth-order valence-corrected chi connectivity index (χ4v) is 5.89. The Hall–Kier alpha value is -4.18. The van der Waals surface area contributed by atoms with Crippen LogP contribution >= 0.6 is 0 Å². The number of nitriles is 1. The van der Waals surface area contributed by atoms with Crippen molar-refractivity contribution >= 4 is 17.5 Å². The highest BCUT2D eigenvalue weighted by atomic mass is 16.2. The monoisotopic (exact) mass is 535 g/mol. The number of amides is 2. The van der Waals surface area contributed by atoms with E-state index in [4.69, 9.17) is 0 Å². The summed E-state index contributed by atoms with van der Waals surface area (Å²) in [7, 11) is 0. The maximum absolute atomic E-state index is 14.7. The van der Waals surface area contributed by atoms with E-state index in [-0.39, 0.29) is 23.3 Å². The summed E-state index contributed by atoms with van der Waals surface area (Å²) >= 11 is 0. The molecule has 1 fully saturated rings. The molecule has 5 rings (SSSR count). The Morgan fingerprint density at radius 3 is 2.40 bits per heavy atom.